The number of aromatic nitrogens is 2. The first kappa shape index (κ1) is 12.9. The Morgan fingerprint density at radius 3 is 2.67 bits per heavy atom. The van der Waals surface area contributed by atoms with Gasteiger partial charge in [0, 0.05) is 25.2 Å². The maximum absolute atomic E-state index is 5.69. The first-order valence-corrected chi connectivity index (χ1v) is 6.11. The topological polar surface area (TPSA) is 67.5 Å². The molecule has 6 heteroatoms. The molecule has 2 rings (SSSR count). The summed E-state index contributed by atoms with van der Waals surface area (Å²) >= 11 is 0. The number of nitrogens with zero attached hydrogens (tertiary/aromatic N) is 4. The van der Waals surface area contributed by atoms with Crippen molar-refractivity contribution in [1.82, 2.24) is 14.9 Å². The number of nitrogen functional groups attached to an aromatic ring is 1. The monoisotopic (exact) mass is 251 g/mol. The number of ether oxygens (including phenoxy) is 1. The van der Waals surface area contributed by atoms with Gasteiger partial charge in [-0.05, 0) is 20.0 Å². The van der Waals surface area contributed by atoms with Gasteiger partial charge in [-0.15, -0.1) is 0 Å². The van der Waals surface area contributed by atoms with Crippen molar-refractivity contribution in [2.45, 2.75) is 13.0 Å². The van der Waals surface area contributed by atoms with Gasteiger partial charge in [-0.3, -0.25) is 0 Å². The van der Waals surface area contributed by atoms with Crippen LogP contribution in [0.5, 0.6) is 5.88 Å². The maximum atomic E-state index is 5.69. The first-order valence-electron chi connectivity index (χ1n) is 6.11. The quantitative estimate of drug-likeness (QED) is 0.841. The van der Waals surface area contributed by atoms with Gasteiger partial charge in [0.1, 0.15) is 5.82 Å². The highest BCUT2D eigenvalue weighted by atomic mass is 16.5. The predicted octanol–water partition coefficient (Wildman–Crippen LogP) is 0.454. The van der Waals surface area contributed by atoms with Gasteiger partial charge in [0.05, 0.1) is 7.11 Å². The lowest BCUT2D eigenvalue weighted by molar-refractivity contribution is 0.266. The molecule has 2 heterocycles. The molecular formula is C12H21N5O. The molecule has 18 heavy (non-hydrogen) atoms. The Morgan fingerprint density at radius 2 is 2.11 bits per heavy atom. The molecule has 1 aliphatic heterocycles. The van der Waals surface area contributed by atoms with E-state index >= 15 is 0 Å². The van der Waals surface area contributed by atoms with Crippen LogP contribution in [0.15, 0.2) is 6.07 Å². The van der Waals surface area contributed by atoms with E-state index in [4.69, 9.17) is 10.5 Å². The van der Waals surface area contributed by atoms with E-state index in [1.165, 1.54) is 0 Å². The minimum atomic E-state index is 0.255. The Balaban J connectivity index is 2.20. The summed E-state index contributed by atoms with van der Waals surface area (Å²) in [7, 11) is 5.81. The Morgan fingerprint density at radius 1 is 1.39 bits per heavy atom. The molecule has 2 atom stereocenters. The summed E-state index contributed by atoms with van der Waals surface area (Å²) in [6, 6.07) is 2.37. The molecule has 0 saturated carbocycles. The first-order chi connectivity index (χ1) is 8.51. The van der Waals surface area contributed by atoms with E-state index in [0.717, 1.165) is 18.9 Å². The summed E-state index contributed by atoms with van der Waals surface area (Å²) < 4.78 is 5.13. The van der Waals surface area contributed by atoms with Gasteiger partial charge in [-0.25, -0.2) is 0 Å². The number of hydrogen-bond acceptors (Lipinski definition) is 6. The fourth-order valence-electron chi connectivity index (χ4n) is 2.51. The summed E-state index contributed by atoms with van der Waals surface area (Å²) in [4.78, 5) is 12.8. The number of methoxy groups -OCH3 is 1. The SMILES string of the molecule is COc1cc(N2CC(C)C(N(C)C)C2)nc(N)n1. The Hall–Kier alpha value is -1.56. The Bertz CT molecular complexity index is 423. The number of hydrogen-bond donors (Lipinski definition) is 1. The lowest BCUT2D eigenvalue weighted by Gasteiger charge is -2.22. The van der Waals surface area contributed by atoms with Gasteiger partial charge in [0.25, 0.3) is 0 Å². The summed E-state index contributed by atoms with van der Waals surface area (Å²) in [5.41, 5.74) is 5.69. The van der Waals surface area contributed by atoms with Crippen LogP contribution >= 0.6 is 0 Å². The van der Waals surface area contributed by atoms with Crippen LogP contribution in [-0.2, 0) is 0 Å². The van der Waals surface area contributed by atoms with E-state index in [1.54, 1.807) is 7.11 Å². The molecule has 1 fully saturated rings. The van der Waals surface area contributed by atoms with E-state index in [0.29, 0.717) is 17.8 Å². The summed E-state index contributed by atoms with van der Waals surface area (Å²) in [6.07, 6.45) is 0. The van der Waals surface area contributed by atoms with Crippen molar-refractivity contribution in [3.05, 3.63) is 6.07 Å². The van der Waals surface area contributed by atoms with Crippen LogP contribution in [0.3, 0.4) is 0 Å². The molecule has 100 valence electrons. The van der Waals surface area contributed by atoms with Crippen molar-refractivity contribution in [1.29, 1.82) is 0 Å². The fraction of sp³-hybridized carbons (Fsp3) is 0.667. The molecule has 1 saturated heterocycles. The third-order valence-electron chi connectivity index (χ3n) is 3.48. The van der Waals surface area contributed by atoms with Gasteiger partial charge in [0.15, 0.2) is 0 Å². The third-order valence-corrected chi connectivity index (χ3v) is 3.48. The highest BCUT2D eigenvalue weighted by Crippen LogP contribution is 2.26. The van der Waals surface area contributed by atoms with Crippen LogP contribution in [0.1, 0.15) is 6.92 Å². The molecule has 1 aliphatic rings. The van der Waals surface area contributed by atoms with Crippen LogP contribution in [-0.4, -0.2) is 55.2 Å². The van der Waals surface area contributed by atoms with E-state index in [1.807, 2.05) is 6.07 Å². The highest BCUT2D eigenvalue weighted by Gasteiger charge is 2.32. The largest absolute Gasteiger partial charge is 0.481 e. The van der Waals surface area contributed by atoms with Crippen LogP contribution in [0.4, 0.5) is 11.8 Å². The lowest BCUT2D eigenvalue weighted by Crippen LogP contribution is -2.34. The highest BCUT2D eigenvalue weighted by molar-refractivity contribution is 5.46. The third kappa shape index (κ3) is 2.48. The zero-order chi connectivity index (χ0) is 13.3. The molecule has 0 bridgehead atoms. The van der Waals surface area contributed by atoms with Crippen molar-refractivity contribution in [2.75, 3.05) is 44.9 Å². The average Bonchev–Trinajstić information content (AvgIpc) is 2.70. The molecule has 0 aliphatic carbocycles. The molecule has 2 unspecified atom stereocenters. The summed E-state index contributed by atoms with van der Waals surface area (Å²) in [5.74, 6) is 2.21. The summed E-state index contributed by atoms with van der Waals surface area (Å²) in [6.45, 7) is 4.18. The van der Waals surface area contributed by atoms with Crippen LogP contribution < -0.4 is 15.4 Å². The van der Waals surface area contributed by atoms with E-state index in [9.17, 15) is 0 Å². The maximum Gasteiger partial charge on any atom is 0.225 e. The van der Waals surface area contributed by atoms with E-state index < -0.39 is 0 Å². The van der Waals surface area contributed by atoms with Crippen molar-refractivity contribution in [3.63, 3.8) is 0 Å². The minimum absolute atomic E-state index is 0.255. The van der Waals surface area contributed by atoms with E-state index in [-0.39, 0.29) is 5.95 Å². The van der Waals surface area contributed by atoms with Crippen molar-refractivity contribution >= 4 is 11.8 Å². The molecule has 2 N–H and O–H groups in total. The van der Waals surface area contributed by atoms with E-state index in [2.05, 4.69) is 40.8 Å². The van der Waals surface area contributed by atoms with Crippen molar-refractivity contribution in [2.24, 2.45) is 5.92 Å². The second-order valence-corrected chi connectivity index (χ2v) is 5.04. The standard InChI is InChI=1S/C12H21N5O/c1-8-6-17(7-9(8)16(2)3)10-5-11(18-4)15-12(13)14-10/h5,8-9H,6-7H2,1-4H3,(H2,13,14,15). The number of rotatable bonds is 3. The van der Waals surface area contributed by atoms with Crippen LogP contribution in [0.2, 0.25) is 0 Å². The van der Waals surface area contributed by atoms with Crippen LogP contribution in [0.25, 0.3) is 0 Å². The fourth-order valence-corrected chi connectivity index (χ4v) is 2.51. The van der Waals surface area contributed by atoms with Gasteiger partial charge >= 0.3 is 0 Å². The normalized spacial score (nSPS) is 23.7. The average molecular weight is 251 g/mol. The molecular weight excluding hydrogens is 230 g/mol. The molecule has 0 spiro atoms. The second-order valence-electron chi connectivity index (χ2n) is 5.04. The molecule has 0 amide bonds. The molecule has 0 radical (unpaired) electrons. The predicted molar refractivity (Wildman–Crippen MR) is 71.8 cm³/mol. The van der Waals surface area contributed by atoms with Gasteiger partial charge in [-0.1, -0.05) is 6.92 Å². The zero-order valence-corrected chi connectivity index (χ0v) is 11.4. The second kappa shape index (κ2) is 4.97. The minimum Gasteiger partial charge on any atom is -0.481 e. The van der Waals surface area contributed by atoms with Gasteiger partial charge < -0.3 is 20.3 Å². The zero-order valence-electron chi connectivity index (χ0n) is 11.4. The number of anilines is 2. The molecule has 1 aromatic rings. The Labute approximate surface area is 108 Å². The van der Waals surface area contributed by atoms with Gasteiger partial charge in [0.2, 0.25) is 11.8 Å². The van der Waals surface area contributed by atoms with Crippen molar-refractivity contribution in [3.8, 4) is 5.88 Å². The molecule has 0 aromatic carbocycles. The lowest BCUT2D eigenvalue weighted by atomic mass is 10.1. The van der Waals surface area contributed by atoms with Gasteiger partial charge in [-0.2, -0.15) is 9.97 Å². The molecule has 6 nitrogen and oxygen atoms in total. The Kier molecular flexibility index (Phi) is 3.56. The number of nitrogens with two attached hydrogens (primary N) is 1. The smallest absolute Gasteiger partial charge is 0.225 e. The summed E-state index contributed by atoms with van der Waals surface area (Å²) in [5, 5.41) is 0. The molecule has 1 aromatic heterocycles. The number of likely N-dealkylation sites (N-methyl/N-ethyl adjacent to an activating group) is 1. The van der Waals surface area contributed by atoms with Crippen molar-refractivity contribution < 1.29 is 4.74 Å². The van der Waals surface area contributed by atoms with Crippen LogP contribution in [0, 0.1) is 5.92 Å².